The molecule has 0 radical (unpaired) electrons. The van der Waals surface area contributed by atoms with Gasteiger partial charge < -0.3 is 14.6 Å². The first-order chi connectivity index (χ1) is 8.33. The highest BCUT2D eigenvalue weighted by molar-refractivity contribution is 5.26. The first-order valence-electron chi connectivity index (χ1n) is 5.83. The average molecular weight is 234 g/mol. The lowest BCUT2D eigenvalue weighted by Gasteiger charge is -2.27. The van der Waals surface area contributed by atoms with Crippen molar-refractivity contribution in [3.63, 3.8) is 0 Å². The van der Waals surface area contributed by atoms with Crippen LogP contribution in [0.1, 0.15) is 5.56 Å². The van der Waals surface area contributed by atoms with Crippen molar-refractivity contribution in [2.24, 2.45) is 11.8 Å². The Morgan fingerprint density at radius 1 is 1.12 bits per heavy atom. The van der Waals surface area contributed by atoms with E-state index in [1.54, 1.807) is 7.11 Å². The van der Waals surface area contributed by atoms with E-state index in [2.05, 4.69) is 6.08 Å². The lowest BCUT2D eigenvalue weighted by molar-refractivity contribution is 0.0688. The lowest BCUT2D eigenvalue weighted by atomic mass is 9.83. The Morgan fingerprint density at radius 2 is 1.82 bits per heavy atom. The molecule has 0 aromatic heterocycles. The van der Waals surface area contributed by atoms with Crippen molar-refractivity contribution in [1.29, 1.82) is 0 Å². The fourth-order valence-electron chi connectivity index (χ4n) is 1.84. The van der Waals surface area contributed by atoms with Crippen LogP contribution in [-0.2, 0) is 11.3 Å². The van der Waals surface area contributed by atoms with Crippen LogP contribution in [0, 0.1) is 11.8 Å². The average Bonchev–Trinajstić information content (AvgIpc) is 2.34. The van der Waals surface area contributed by atoms with Crippen molar-refractivity contribution >= 4 is 0 Å². The third kappa shape index (κ3) is 3.08. The Balaban J connectivity index is 1.73. The zero-order chi connectivity index (χ0) is 12.1. The van der Waals surface area contributed by atoms with Gasteiger partial charge in [0.1, 0.15) is 5.75 Å². The molecule has 3 heteroatoms. The molecule has 0 saturated heterocycles. The van der Waals surface area contributed by atoms with Gasteiger partial charge >= 0.3 is 0 Å². The molecule has 2 rings (SSSR count). The molecule has 0 aliphatic heterocycles. The van der Waals surface area contributed by atoms with Gasteiger partial charge in [0.05, 0.1) is 20.3 Å². The summed E-state index contributed by atoms with van der Waals surface area (Å²) < 4.78 is 10.7. The fraction of sp³-hybridized carbons (Fsp3) is 0.429. The van der Waals surface area contributed by atoms with E-state index in [4.69, 9.17) is 14.6 Å². The molecule has 1 aromatic carbocycles. The number of hydrogen-bond donors (Lipinski definition) is 1. The zero-order valence-corrected chi connectivity index (χ0v) is 10.0. The molecule has 1 aliphatic rings. The van der Waals surface area contributed by atoms with E-state index in [0.29, 0.717) is 19.1 Å². The maximum absolute atomic E-state index is 9.01. The number of methoxy groups -OCH3 is 1. The SMILES string of the molecule is COc1ccc(COC[C@H]2C=C[C@H]2CO)cc1. The molecule has 92 valence electrons. The van der Waals surface area contributed by atoms with Gasteiger partial charge in [-0.1, -0.05) is 24.3 Å². The van der Waals surface area contributed by atoms with Crippen molar-refractivity contribution < 1.29 is 14.6 Å². The van der Waals surface area contributed by atoms with E-state index in [1.807, 2.05) is 30.3 Å². The van der Waals surface area contributed by atoms with Gasteiger partial charge in [-0.25, -0.2) is 0 Å². The van der Waals surface area contributed by atoms with Crippen LogP contribution in [0.25, 0.3) is 0 Å². The van der Waals surface area contributed by atoms with Crippen molar-refractivity contribution in [2.45, 2.75) is 6.61 Å². The molecular weight excluding hydrogens is 216 g/mol. The Bertz CT molecular complexity index is 370. The summed E-state index contributed by atoms with van der Waals surface area (Å²) in [6.07, 6.45) is 4.12. The van der Waals surface area contributed by atoms with Gasteiger partial charge in [-0.3, -0.25) is 0 Å². The molecule has 2 atom stereocenters. The van der Waals surface area contributed by atoms with Crippen LogP contribution < -0.4 is 4.74 Å². The van der Waals surface area contributed by atoms with E-state index in [9.17, 15) is 0 Å². The molecule has 0 heterocycles. The van der Waals surface area contributed by atoms with E-state index >= 15 is 0 Å². The van der Waals surface area contributed by atoms with Gasteiger partial charge in [0.25, 0.3) is 0 Å². The Hall–Kier alpha value is -1.32. The summed E-state index contributed by atoms with van der Waals surface area (Å²) in [5.74, 6) is 1.51. The number of aliphatic hydroxyl groups is 1. The molecule has 0 amide bonds. The van der Waals surface area contributed by atoms with E-state index in [1.165, 1.54) is 0 Å². The molecule has 0 saturated carbocycles. The summed E-state index contributed by atoms with van der Waals surface area (Å²) in [6, 6.07) is 7.86. The van der Waals surface area contributed by atoms with Crippen LogP contribution in [-0.4, -0.2) is 25.4 Å². The minimum absolute atomic E-state index is 0.215. The molecule has 1 aromatic rings. The van der Waals surface area contributed by atoms with Gasteiger partial charge in [0.15, 0.2) is 0 Å². The molecule has 0 spiro atoms. The summed E-state index contributed by atoms with van der Waals surface area (Å²) >= 11 is 0. The predicted octanol–water partition coefficient (Wildman–Crippen LogP) is 2.01. The first kappa shape index (κ1) is 12.1. The maximum Gasteiger partial charge on any atom is 0.118 e. The smallest absolute Gasteiger partial charge is 0.118 e. The largest absolute Gasteiger partial charge is 0.497 e. The minimum atomic E-state index is 0.215. The van der Waals surface area contributed by atoms with Gasteiger partial charge in [-0.15, -0.1) is 0 Å². The first-order valence-corrected chi connectivity index (χ1v) is 5.83. The molecule has 17 heavy (non-hydrogen) atoms. The minimum Gasteiger partial charge on any atom is -0.497 e. The number of hydrogen-bond acceptors (Lipinski definition) is 3. The highest BCUT2D eigenvalue weighted by atomic mass is 16.5. The second-order valence-electron chi connectivity index (χ2n) is 4.26. The predicted molar refractivity (Wildman–Crippen MR) is 65.9 cm³/mol. The Kier molecular flexibility index (Phi) is 4.18. The molecular formula is C14H18O3. The second kappa shape index (κ2) is 5.84. The molecule has 1 aliphatic carbocycles. The Morgan fingerprint density at radius 3 is 2.35 bits per heavy atom. The van der Waals surface area contributed by atoms with Crippen LogP contribution in [0.3, 0.4) is 0 Å². The van der Waals surface area contributed by atoms with Crippen molar-refractivity contribution in [3.05, 3.63) is 42.0 Å². The molecule has 3 nitrogen and oxygen atoms in total. The molecule has 0 unspecified atom stereocenters. The second-order valence-corrected chi connectivity index (χ2v) is 4.26. The van der Waals surface area contributed by atoms with Crippen LogP contribution in [0.15, 0.2) is 36.4 Å². The van der Waals surface area contributed by atoms with E-state index < -0.39 is 0 Å². The van der Waals surface area contributed by atoms with Crippen LogP contribution in [0.4, 0.5) is 0 Å². The van der Waals surface area contributed by atoms with E-state index in [-0.39, 0.29) is 12.5 Å². The summed E-state index contributed by atoms with van der Waals surface area (Å²) in [4.78, 5) is 0. The summed E-state index contributed by atoms with van der Waals surface area (Å²) in [6.45, 7) is 1.49. The monoisotopic (exact) mass is 234 g/mol. The molecule has 1 N–H and O–H groups in total. The van der Waals surface area contributed by atoms with Gasteiger partial charge in [0, 0.05) is 18.4 Å². The zero-order valence-electron chi connectivity index (χ0n) is 10.0. The fourth-order valence-corrected chi connectivity index (χ4v) is 1.84. The molecule has 0 bridgehead atoms. The lowest BCUT2D eigenvalue weighted by Crippen LogP contribution is -2.26. The van der Waals surface area contributed by atoms with Crippen molar-refractivity contribution in [3.8, 4) is 5.75 Å². The topological polar surface area (TPSA) is 38.7 Å². The summed E-state index contributed by atoms with van der Waals surface area (Å²) in [5.41, 5.74) is 1.13. The third-order valence-corrected chi connectivity index (χ3v) is 3.10. The van der Waals surface area contributed by atoms with E-state index in [0.717, 1.165) is 11.3 Å². The van der Waals surface area contributed by atoms with Crippen LogP contribution >= 0.6 is 0 Å². The highest BCUT2D eigenvalue weighted by Crippen LogP contribution is 2.25. The van der Waals surface area contributed by atoms with Gasteiger partial charge in [0.2, 0.25) is 0 Å². The summed E-state index contributed by atoms with van der Waals surface area (Å²) in [5, 5.41) is 9.01. The quantitative estimate of drug-likeness (QED) is 0.765. The highest BCUT2D eigenvalue weighted by Gasteiger charge is 2.22. The number of aliphatic hydroxyl groups excluding tert-OH is 1. The number of ether oxygens (including phenoxy) is 2. The van der Waals surface area contributed by atoms with Crippen molar-refractivity contribution in [1.82, 2.24) is 0 Å². The van der Waals surface area contributed by atoms with Gasteiger partial charge in [-0.05, 0) is 17.7 Å². The van der Waals surface area contributed by atoms with Crippen LogP contribution in [0.2, 0.25) is 0 Å². The van der Waals surface area contributed by atoms with Crippen molar-refractivity contribution in [2.75, 3.05) is 20.3 Å². The molecule has 0 fully saturated rings. The van der Waals surface area contributed by atoms with Gasteiger partial charge in [-0.2, -0.15) is 0 Å². The standard InChI is InChI=1S/C14H18O3/c1-16-14-6-2-11(3-7-14)9-17-10-13-5-4-12(13)8-15/h2-7,12-13,15H,8-10H2,1H3/t12-,13+/m0/s1. The Labute approximate surface area is 102 Å². The van der Waals surface area contributed by atoms with Crippen LogP contribution in [0.5, 0.6) is 5.75 Å². The third-order valence-electron chi connectivity index (χ3n) is 3.10. The maximum atomic E-state index is 9.01. The normalized spacial score (nSPS) is 22.2. The number of rotatable bonds is 6. The number of benzene rings is 1. The summed E-state index contributed by atoms with van der Waals surface area (Å²) in [7, 11) is 1.66.